The molecule has 0 radical (unpaired) electrons. The highest BCUT2D eigenvalue weighted by atomic mass is 16.5. The summed E-state index contributed by atoms with van der Waals surface area (Å²) < 4.78 is 6.09. The van der Waals surface area contributed by atoms with Crippen molar-refractivity contribution in [3.8, 4) is 6.07 Å². The van der Waals surface area contributed by atoms with E-state index in [9.17, 15) is 5.26 Å². The zero-order valence-electron chi connectivity index (χ0n) is 15.9. The van der Waals surface area contributed by atoms with Crippen molar-refractivity contribution in [2.45, 2.75) is 31.0 Å². The average Bonchev–Trinajstić information content (AvgIpc) is 2.76. The maximum absolute atomic E-state index is 10.1. The summed E-state index contributed by atoms with van der Waals surface area (Å²) in [5, 5.41) is 15.5. The van der Waals surface area contributed by atoms with Crippen molar-refractivity contribution in [2.24, 2.45) is 5.92 Å². The van der Waals surface area contributed by atoms with Crippen LogP contribution < -0.4 is 0 Å². The fourth-order valence-electron chi connectivity index (χ4n) is 6.23. The number of ether oxygens (including phenoxy) is 1. The lowest BCUT2D eigenvalue weighted by molar-refractivity contribution is 0.108. The van der Waals surface area contributed by atoms with Crippen LogP contribution in [0.3, 0.4) is 0 Å². The molecule has 10 rings (SSSR count). The minimum Gasteiger partial charge on any atom is -0.372 e. The monoisotopic (exact) mass is 373 g/mol. The van der Waals surface area contributed by atoms with Gasteiger partial charge in [-0.2, -0.15) is 5.26 Å². The molecule has 6 bridgehead atoms. The lowest BCUT2D eigenvalue weighted by Gasteiger charge is -2.52. The third kappa shape index (κ3) is 1.89. The third-order valence-corrected chi connectivity index (χ3v) is 7.48. The van der Waals surface area contributed by atoms with Crippen LogP contribution in [0.4, 0.5) is 0 Å². The number of nitriles is 1. The third-order valence-electron chi connectivity index (χ3n) is 7.48. The molecule has 4 aromatic carbocycles. The van der Waals surface area contributed by atoms with Crippen LogP contribution in [0.1, 0.15) is 45.6 Å². The molecule has 0 unspecified atom stereocenters. The van der Waals surface area contributed by atoms with Gasteiger partial charge < -0.3 is 4.74 Å². The predicted molar refractivity (Wildman–Crippen MR) is 114 cm³/mol. The van der Waals surface area contributed by atoms with Crippen molar-refractivity contribution < 1.29 is 4.74 Å². The molecule has 4 atom stereocenters. The Kier molecular flexibility index (Phi) is 2.97. The van der Waals surface area contributed by atoms with Gasteiger partial charge in [0.1, 0.15) is 0 Å². The molecule has 4 aromatic rings. The molecule has 29 heavy (non-hydrogen) atoms. The molecule has 2 heteroatoms. The van der Waals surface area contributed by atoms with Crippen molar-refractivity contribution in [3.63, 3.8) is 0 Å². The van der Waals surface area contributed by atoms with Gasteiger partial charge in [0.15, 0.2) is 0 Å². The molecule has 4 aliphatic heterocycles. The van der Waals surface area contributed by atoms with Crippen molar-refractivity contribution in [1.82, 2.24) is 0 Å². The molecular weight excluding hydrogens is 354 g/mol. The van der Waals surface area contributed by atoms with E-state index in [1.54, 1.807) is 0 Å². The largest absolute Gasteiger partial charge is 0.372 e. The van der Waals surface area contributed by atoms with Gasteiger partial charge in [0.05, 0.1) is 25.2 Å². The molecule has 1 saturated carbocycles. The van der Waals surface area contributed by atoms with Gasteiger partial charge in [-0.05, 0) is 49.4 Å². The molecule has 0 N–H and O–H groups in total. The van der Waals surface area contributed by atoms with Crippen LogP contribution in [0, 0.1) is 17.2 Å². The fourth-order valence-corrected chi connectivity index (χ4v) is 6.23. The number of fused-ring (bicyclic) bond motifs is 1. The predicted octanol–water partition coefficient (Wildman–Crippen LogP) is 6.14. The van der Waals surface area contributed by atoms with Crippen LogP contribution in [0.25, 0.3) is 21.5 Å². The van der Waals surface area contributed by atoms with Gasteiger partial charge in [-0.3, -0.25) is 0 Å². The normalized spacial score (nSPS) is 26.2. The quantitative estimate of drug-likeness (QED) is 0.347. The minimum atomic E-state index is 0.0147. The van der Waals surface area contributed by atoms with Gasteiger partial charge in [0, 0.05) is 17.8 Å². The highest BCUT2D eigenvalue weighted by Gasteiger charge is 2.55. The molecule has 0 aromatic heterocycles. The number of benzene rings is 4. The van der Waals surface area contributed by atoms with Crippen LogP contribution >= 0.6 is 0 Å². The number of hydrogen-bond donors (Lipinski definition) is 0. The molecule has 4 heterocycles. The van der Waals surface area contributed by atoms with E-state index < -0.39 is 0 Å². The highest BCUT2D eigenvalue weighted by molar-refractivity contribution is 6.13. The van der Waals surface area contributed by atoms with E-state index in [-0.39, 0.29) is 17.8 Å². The van der Waals surface area contributed by atoms with Gasteiger partial charge in [-0.15, -0.1) is 0 Å². The minimum absolute atomic E-state index is 0.0147. The molecule has 0 spiro atoms. The molecule has 1 fully saturated rings. The van der Waals surface area contributed by atoms with Crippen LogP contribution in [0.15, 0.2) is 66.7 Å². The van der Waals surface area contributed by atoms with Gasteiger partial charge in [0.2, 0.25) is 0 Å². The highest BCUT2D eigenvalue weighted by Crippen LogP contribution is 2.66. The molecule has 2 aliphatic carbocycles. The number of hydrogen-bond acceptors (Lipinski definition) is 2. The smallest absolute Gasteiger partial charge is 0.0727 e. The summed E-state index contributed by atoms with van der Waals surface area (Å²) in [6.07, 6.45) is 0. The Morgan fingerprint density at radius 1 is 0.759 bits per heavy atom. The Morgan fingerprint density at radius 3 is 2.48 bits per heavy atom. The molecule has 2 nitrogen and oxygen atoms in total. The number of nitrogens with zero attached hydrogens (tertiary/aromatic N) is 1. The zero-order chi connectivity index (χ0) is 19.1. The maximum Gasteiger partial charge on any atom is 0.0727 e. The first kappa shape index (κ1) is 15.7. The van der Waals surface area contributed by atoms with E-state index in [1.807, 2.05) is 0 Å². The summed E-state index contributed by atoms with van der Waals surface area (Å²) in [4.78, 5) is 0. The van der Waals surface area contributed by atoms with Crippen molar-refractivity contribution in [1.29, 1.82) is 5.26 Å². The molecule has 138 valence electrons. The Balaban J connectivity index is 1.63. The van der Waals surface area contributed by atoms with Crippen molar-refractivity contribution >= 4 is 21.5 Å². The topological polar surface area (TPSA) is 33.0 Å². The summed E-state index contributed by atoms with van der Waals surface area (Å²) >= 11 is 0. The summed E-state index contributed by atoms with van der Waals surface area (Å²) in [6, 6.07) is 27.1. The van der Waals surface area contributed by atoms with Gasteiger partial charge in [-0.25, -0.2) is 0 Å². The van der Waals surface area contributed by atoms with Crippen LogP contribution in [-0.4, -0.2) is 0 Å². The first-order valence-corrected chi connectivity index (χ1v) is 10.4. The molecule has 6 aliphatic rings. The van der Waals surface area contributed by atoms with Gasteiger partial charge >= 0.3 is 0 Å². The first-order chi connectivity index (χ1) is 14.3. The van der Waals surface area contributed by atoms with E-state index in [2.05, 4.69) is 72.8 Å². The lowest BCUT2D eigenvalue weighted by Crippen LogP contribution is -2.42. The van der Waals surface area contributed by atoms with E-state index in [1.165, 1.54) is 49.4 Å². The van der Waals surface area contributed by atoms with Crippen molar-refractivity contribution in [3.05, 3.63) is 94.5 Å². The van der Waals surface area contributed by atoms with E-state index in [0.29, 0.717) is 19.1 Å². The summed E-state index contributed by atoms with van der Waals surface area (Å²) in [6.45, 7) is 1.23. The second-order valence-electron chi connectivity index (χ2n) is 8.71. The summed E-state index contributed by atoms with van der Waals surface area (Å²) in [7, 11) is 0. The van der Waals surface area contributed by atoms with Crippen LogP contribution in [0.2, 0.25) is 0 Å². The van der Waals surface area contributed by atoms with E-state index >= 15 is 0 Å². The second-order valence-corrected chi connectivity index (χ2v) is 8.71. The Hall–Kier alpha value is -3.15. The SMILES string of the molecule is N#C[C@@H]1[C@H]2c3ccc(cc3)COCc3ccc4c5c3ccc3cccc(c35)[C@@H]1[C@H]42. The summed E-state index contributed by atoms with van der Waals surface area (Å²) in [5.41, 5.74) is 6.50. The average molecular weight is 373 g/mol. The first-order valence-electron chi connectivity index (χ1n) is 10.4. The number of rotatable bonds is 0. The summed E-state index contributed by atoms with van der Waals surface area (Å²) in [5.74, 6) is 0.905. The molecule has 0 amide bonds. The Morgan fingerprint density at radius 2 is 1.62 bits per heavy atom. The second kappa shape index (κ2) is 5.47. The Bertz CT molecular complexity index is 1360. The van der Waals surface area contributed by atoms with Gasteiger partial charge in [0.25, 0.3) is 0 Å². The standard InChI is InChI=1S/C27H19NO/c28-12-22-24-17-6-4-15(5-7-17)13-29-14-18-9-11-21-25-19(18)10-8-16-2-1-3-20(23(16)25)26(22)27(21)24/h1-11,22,24,26-27H,13-14H2/t22-,24-,26+,27-/m1/s1. The van der Waals surface area contributed by atoms with E-state index in [0.717, 1.165) is 0 Å². The van der Waals surface area contributed by atoms with Crippen molar-refractivity contribution in [2.75, 3.05) is 0 Å². The fraction of sp³-hybridized carbons (Fsp3) is 0.222. The Labute approximate surface area is 169 Å². The van der Waals surface area contributed by atoms with Crippen LogP contribution in [0.5, 0.6) is 0 Å². The maximum atomic E-state index is 10.1. The zero-order valence-corrected chi connectivity index (χ0v) is 15.9. The lowest BCUT2D eigenvalue weighted by atomic mass is 9.49. The molecule has 0 saturated heterocycles. The van der Waals surface area contributed by atoms with E-state index in [4.69, 9.17) is 4.74 Å². The van der Waals surface area contributed by atoms with Gasteiger partial charge in [-0.1, -0.05) is 66.7 Å². The van der Waals surface area contributed by atoms with Crippen LogP contribution in [-0.2, 0) is 18.0 Å². The molecular formula is C27H19NO.